The largest absolute Gasteiger partial charge is 0.338 e. The SMILES string of the molecule is CCN(CCSc1ccccc1)C(=O)c1cnc(-c2cccnc2)nc1. The third-order valence-electron chi connectivity index (χ3n) is 3.86. The van der Waals surface area contributed by atoms with Crippen LogP contribution in [0.5, 0.6) is 0 Å². The van der Waals surface area contributed by atoms with Crippen LogP contribution in [0.2, 0.25) is 0 Å². The molecule has 2 heterocycles. The zero-order chi connectivity index (χ0) is 18.2. The highest BCUT2D eigenvalue weighted by Crippen LogP contribution is 2.17. The average molecular weight is 364 g/mol. The first-order valence-corrected chi connectivity index (χ1v) is 9.46. The number of carbonyl (C=O) groups excluding carboxylic acids is 1. The number of nitrogens with zero attached hydrogens (tertiary/aromatic N) is 4. The summed E-state index contributed by atoms with van der Waals surface area (Å²) < 4.78 is 0. The molecule has 0 atom stereocenters. The van der Waals surface area contributed by atoms with Gasteiger partial charge in [-0.2, -0.15) is 0 Å². The van der Waals surface area contributed by atoms with Gasteiger partial charge in [-0.3, -0.25) is 9.78 Å². The molecule has 1 aromatic carbocycles. The zero-order valence-electron chi connectivity index (χ0n) is 14.6. The second-order valence-electron chi connectivity index (χ2n) is 5.58. The molecular formula is C20H20N4OS. The van der Waals surface area contributed by atoms with E-state index >= 15 is 0 Å². The lowest BCUT2D eigenvalue weighted by Crippen LogP contribution is -2.33. The predicted molar refractivity (Wildman–Crippen MR) is 104 cm³/mol. The summed E-state index contributed by atoms with van der Waals surface area (Å²) >= 11 is 1.74. The second kappa shape index (κ2) is 9.10. The highest BCUT2D eigenvalue weighted by atomic mass is 32.2. The Morgan fingerprint density at radius 1 is 1.04 bits per heavy atom. The van der Waals surface area contributed by atoms with Crippen molar-refractivity contribution in [2.45, 2.75) is 11.8 Å². The normalized spacial score (nSPS) is 10.5. The van der Waals surface area contributed by atoms with Crippen molar-refractivity contribution in [1.29, 1.82) is 0 Å². The Labute approximate surface area is 157 Å². The number of amides is 1. The van der Waals surface area contributed by atoms with E-state index in [0.29, 0.717) is 24.5 Å². The molecule has 3 rings (SSSR count). The molecule has 0 saturated carbocycles. The van der Waals surface area contributed by atoms with Gasteiger partial charge in [0.2, 0.25) is 0 Å². The molecule has 26 heavy (non-hydrogen) atoms. The van der Waals surface area contributed by atoms with Gasteiger partial charge in [-0.05, 0) is 31.2 Å². The Bertz CT molecular complexity index is 825. The molecule has 0 unspecified atom stereocenters. The van der Waals surface area contributed by atoms with Crippen LogP contribution in [0.3, 0.4) is 0 Å². The first-order valence-electron chi connectivity index (χ1n) is 8.47. The van der Waals surface area contributed by atoms with Crippen LogP contribution in [0.4, 0.5) is 0 Å². The molecule has 2 aromatic heterocycles. The van der Waals surface area contributed by atoms with Crippen LogP contribution in [-0.2, 0) is 0 Å². The highest BCUT2D eigenvalue weighted by Gasteiger charge is 2.15. The van der Waals surface area contributed by atoms with Gasteiger partial charge in [0.25, 0.3) is 5.91 Å². The van der Waals surface area contributed by atoms with Crippen molar-refractivity contribution in [3.63, 3.8) is 0 Å². The van der Waals surface area contributed by atoms with Gasteiger partial charge >= 0.3 is 0 Å². The first-order chi connectivity index (χ1) is 12.8. The fourth-order valence-corrected chi connectivity index (χ4v) is 3.36. The Morgan fingerprint density at radius 3 is 2.46 bits per heavy atom. The molecule has 6 heteroatoms. The maximum Gasteiger partial charge on any atom is 0.257 e. The minimum absolute atomic E-state index is 0.0427. The van der Waals surface area contributed by atoms with Crippen LogP contribution in [-0.4, -0.2) is 44.6 Å². The molecule has 0 aliphatic heterocycles. The Hall–Kier alpha value is -2.73. The molecular weight excluding hydrogens is 344 g/mol. The molecule has 132 valence electrons. The monoisotopic (exact) mass is 364 g/mol. The lowest BCUT2D eigenvalue weighted by atomic mass is 10.2. The van der Waals surface area contributed by atoms with Crippen molar-refractivity contribution in [1.82, 2.24) is 19.9 Å². The van der Waals surface area contributed by atoms with Gasteiger partial charge in [0.15, 0.2) is 5.82 Å². The third-order valence-corrected chi connectivity index (χ3v) is 4.85. The standard InChI is InChI=1S/C20H20N4OS/c1-2-24(11-12-26-18-8-4-3-5-9-18)20(25)17-14-22-19(23-15-17)16-7-6-10-21-13-16/h3-10,13-15H,2,11-12H2,1H3. The minimum Gasteiger partial charge on any atom is -0.338 e. The molecule has 0 N–H and O–H groups in total. The lowest BCUT2D eigenvalue weighted by molar-refractivity contribution is 0.0773. The van der Waals surface area contributed by atoms with Gasteiger partial charge < -0.3 is 4.90 Å². The number of carbonyl (C=O) groups is 1. The van der Waals surface area contributed by atoms with Gasteiger partial charge in [0, 0.05) is 54.1 Å². The summed E-state index contributed by atoms with van der Waals surface area (Å²) in [5.74, 6) is 1.37. The molecule has 1 amide bonds. The molecule has 0 aliphatic rings. The van der Waals surface area contributed by atoms with Crippen LogP contribution in [0.25, 0.3) is 11.4 Å². The van der Waals surface area contributed by atoms with Gasteiger partial charge in [0.1, 0.15) is 0 Å². The van der Waals surface area contributed by atoms with Crippen molar-refractivity contribution in [3.8, 4) is 11.4 Å². The van der Waals surface area contributed by atoms with Gasteiger partial charge in [-0.25, -0.2) is 9.97 Å². The number of hydrogen-bond acceptors (Lipinski definition) is 5. The number of hydrogen-bond donors (Lipinski definition) is 0. The summed E-state index contributed by atoms with van der Waals surface area (Å²) in [5.41, 5.74) is 1.34. The van der Waals surface area contributed by atoms with E-state index in [2.05, 4.69) is 27.1 Å². The fraction of sp³-hybridized carbons (Fsp3) is 0.200. The van der Waals surface area contributed by atoms with Crippen LogP contribution < -0.4 is 0 Å². The van der Waals surface area contributed by atoms with E-state index in [9.17, 15) is 4.79 Å². The molecule has 0 saturated heterocycles. The molecule has 0 aliphatic carbocycles. The predicted octanol–water partition coefficient (Wildman–Crippen LogP) is 3.79. The molecule has 5 nitrogen and oxygen atoms in total. The van der Waals surface area contributed by atoms with E-state index < -0.39 is 0 Å². The number of benzene rings is 1. The maximum atomic E-state index is 12.7. The molecule has 0 spiro atoms. The van der Waals surface area contributed by atoms with Crippen molar-refractivity contribution >= 4 is 17.7 Å². The smallest absolute Gasteiger partial charge is 0.257 e. The van der Waals surface area contributed by atoms with Crippen LogP contribution in [0.1, 0.15) is 17.3 Å². The van der Waals surface area contributed by atoms with Gasteiger partial charge in [-0.1, -0.05) is 18.2 Å². The van der Waals surface area contributed by atoms with Gasteiger partial charge in [-0.15, -0.1) is 11.8 Å². The minimum atomic E-state index is -0.0427. The summed E-state index contributed by atoms with van der Waals surface area (Å²) in [6.07, 6.45) is 6.58. The van der Waals surface area contributed by atoms with E-state index in [1.807, 2.05) is 42.2 Å². The lowest BCUT2D eigenvalue weighted by Gasteiger charge is -2.20. The number of aromatic nitrogens is 3. The summed E-state index contributed by atoms with van der Waals surface area (Å²) in [5, 5.41) is 0. The van der Waals surface area contributed by atoms with Crippen LogP contribution in [0, 0.1) is 0 Å². The summed E-state index contributed by atoms with van der Waals surface area (Å²) in [6.45, 7) is 3.31. The van der Waals surface area contributed by atoms with Crippen LogP contribution >= 0.6 is 11.8 Å². The quantitative estimate of drug-likeness (QED) is 0.597. The maximum absolute atomic E-state index is 12.7. The van der Waals surface area contributed by atoms with Crippen molar-refractivity contribution in [2.75, 3.05) is 18.8 Å². The van der Waals surface area contributed by atoms with Crippen molar-refractivity contribution in [2.24, 2.45) is 0 Å². The summed E-state index contributed by atoms with van der Waals surface area (Å²) in [7, 11) is 0. The molecule has 0 radical (unpaired) electrons. The summed E-state index contributed by atoms with van der Waals surface area (Å²) in [6, 6.07) is 13.9. The average Bonchev–Trinajstić information content (AvgIpc) is 2.72. The zero-order valence-corrected chi connectivity index (χ0v) is 15.4. The van der Waals surface area contributed by atoms with Crippen LogP contribution in [0.15, 0.2) is 72.1 Å². The molecule has 3 aromatic rings. The van der Waals surface area contributed by atoms with Crippen molar-refractivity contribution in [3.05, 3.63) is 72.8 Å². The molecule has 0 fully saturated rings. The number of rotatable bonds is 7. The van der Waals surface area contributed by atoms with E-state index in [4.69, 9.17) is 0 Å². The highest BCUT2D eigenvalue weighted by molar-refractivity contribution is 7.99. The Balaban J connectivity index is 1.61. The van der Waals surface area contributed by atoms with E-state index in [1.54, 1.807) is 36.5 Å². The number of thioether (sulfide) groups is 1. The fourth-order valence-electron chi connectivity index (χ4n) is 2.46. The Morgan fingerprint density at radius 2 is 1.81 bits per heavy atom. The first kappa shape index (κ1) is 18.1. The second-order valence-corrected chi connectivity index (χ2v) is 6.75. The topological polar surface area (TPSA) is 59.0 Å². The third kappa shape index (κ3) is 4.67. The Kier molecular flexibility index (Phi) is 6.33. The molecule has 0 bridgehead atoms. The van der Waals surface area contributed by atoms with E-state index in [0.717, 1.165) is 11.3 Å². The number of pyridine rings is 1. The summed E-state index contributed by atoms with van der Waals surface area (Å²) in [4.78, 5) is 28.4. The van der Waals surface area contributed by atoms with Crippen molar-refractivity contribution < 1.29 is 4.79 Å². The van der Waals surface area contributed by atoms with Gasteiger partial charge in [0.05, 0.1) is 5.56 Å². The van der Waals surface area contributed by atoms with E-state index in [1.165, 1.54) is 4.90 Å². The van der Waals surface area contributed by atoms with E-state index in [-0.39, 0.29) is 5.91 Å².